The van der Waals surface area contributed by atoms with Crippen LogP contribution in [0.5, 0.6) is 0 Å². The first-order chi connectivity index (χ1) is 16.8. The number of hydrogen-bond donors (Lipinski definition) is 2. The summed E-state index contributed by atoms with van der Waals surface area (Å²) in [5, 5.41) is 14.1. The number of benzene rings is 1. The number of aryl methyl sites for hydroxylation is 1. The van der Waals surface area contributed by atoms with Crippen LogP contribution in [-0.4, -0.2) is 58.3 Å². The lowest BCUT2D eigenvalue weighted by atomic mass is 9.52. The van der Waals surface area contributed by atoms with Crippen LogP contribution >= 0.6 is 0 Å². The highest BCUT2D eigenvalue weighted by atomic mass is 19.1. The van der Waals surface area contributed by atoms with E-state index in [0.717, 1.165) is 37.7 Å². The number of hydrogen-bond acceptors (Lipinski definition) is 6. The number of aliphatic hydroxyl groups is 1. The molecular formula is C27H34FN5O2. The van der Waals surface area contributed by atoms with Crippen LogP contribution in [0.25, 0.3) is 0 Å². The van der Waals surface area contributed by atoms with E-state index in [1.54, 1.807) is 18.3 Å². The van der Waals surface area contributed by atoms with Gasteiger partial charge in [0, 0.05) is 37.9 Å². The van der Waals surface area contributed by atoms with Crippen LogP contribution in [0.4, 0.5) is 16.0 Å². The van der Waals surface area contributed by atoms with Crippen molar-refractivity contribution in [2.24, 2.45) is 17.8 Å². The van der Waals surface area contributed by atoms with Gasteiger partial charge < -0.3 is 20.2 Å². The molecule has 3 atom stereocenters. The fraction of sp³-hybridized carbons (Fsp3) is 0.593. The minimum Gasteiger partial charge on any atom is -0.390 e. The first-order valence-corrected chi connectivity index (χ1v) is 12.9. The minimum atomic E-state index is -0.514. The third-order valence-corrected chi connectivity index (χ3v) is 8.74. The van der Waals surface area contributed by atoms with Crippen molar-refractivity contribution in [2.45, 2.75) is 63.6 Å². The average Bonchev–Trinajstić information content (AvgIpc) is 2.80. The Bertz CT molecular complexity index is 1130. The first-order valence-electron chi connectivity index (χ1n) is 12.9. The van der Waals surface area contributed by atoms with E-state index in [1.165, 1.54) is 0 Å². The van der Waals surface area contributed by atoms with Gasteiger partial charge in [-0.05, 0) is 87.5 Å². The number of aromatic nitrogens is 2. The van der Waals surface area contributed by atoms with Crippen LogP contribution in [0.1, 0.15) is 55.1 Å². The van der Waals surface area contributed by atoms with Crippen LogP contribution in [-0.2, 0) is 0 Å². The summed E-state index contributed by atoms with van der Waals surface area (Å²) in [6.45, 7) is 5.91. The van der Waals surface area contributed by atoms with Crippen molar-refractivity contribution >= 4 is 17.5 Å². The van der Waals surface area contributed by atoms with Gasteiger partial charge in [-0.15, -0.1) is 0 Å². The second kappa shape index (κ2) is 8.43. The molecule has 2 aromatic rings. The normalized spacial score (nSPS) is 33.8. The van der Waals surface area contributed by atoms with Gasteiger partial charge in [0.2, 0.25) is 5.95 Å². The van der Waals surface area contributed by atoms with Crippen LogP contribution in [0.2, 0.25) is 0 Å². The van der Waals surface area contributed by atoms with E-state index < -0.39 is 5.60 Å². The van der Waals surface area contributed by atoms with Gasteiger partial charge in [0.25, 0.3) is 5.91 Å². The van der Waals surface area contributed by atoms with Crippen molar-refractivity contribution in [2.75, 3.05) is 29.4 Å². The lowest BCUT2D eigenvalue weighted by Gasteiger charge is -2.58. The summed E-state index contributed by atoms with van der Waals surface area (Å²) in [6, 6.07) is 7.20. The molecule has 4 bridgehead atoms. The molecule has 35 heavy (non-hydrogen) atoms. The van der Waals surface area contributed by atoms with Crippen LogP contribution < -0.4 is 15.1 Å². The summed E-state index contributed by atoms with van der Waals surface area (Å²) >= 11 is 0. The Balaban J connectivity index is 1.13. The molecule has 186 valence electrons. The second-order valence-corrected chi connectivity index (χ2v) is 11.4. The van der Waals surface area contributed by atoms with Gasteiger partial charge in [-0.3, -0.25) is 4.79 Å². The zero-order chi connectivity index (χ0) is 24.3. The molecule has 2 N–H and O–H groups in total. The largest absolute Gasteiger partial charge is 0.390 e. The standard InChI is InChI=1S/C27H34FN5O2/c1-16-3-4-23(21(28)9-16)32-7-8-33(17(2)15-32)26-29-6-5-22(30-26)25(34)31-24-19-10-18-11-20(24)14-27(35,12-18)13-19/h3-6,9,17-20,24,35H,7-8,10-15H2,1-2H3,(H,31,34)/t17-,18?,19?,20?,24?,27?/m1/s1. The second-order valence-electron chi connectivity index (χ2n) is 11.4. The fourth-order valence-electron chi connectivity index (χ4n) is 7.40. The van der Waals surface area contributed by atoms with E-state index in [2.05, 4.69) is 32.0 Å². The molecule has 1 aromatic carbocycles. The number of rotatable bonds is 4. The molecule has 4 saturated carbocycles. The number of nitrogens with one attached hydrogen (secondary N) is 1. The number of carbonyl (C=O) groups is 1. The van der Waals surface area contributed by atoms with Crippen molar-refractivity contribution in [1.29, 1.82) is 0 Å². The molecule has 2 unspecified atom stereocenters. The lowest BCUT2D eigenvalue weighted by molar-refractivity contribution is -0.136. The molecule has 5 aliphatic rings. The SMILES string of the molecule is Cc1ccc(N2CCN(c3nccc(C(=O)NC4C5CC6CC4CC(O)(C6)C5)n3)[C@H](C)C2)c(F)c1. The Morgan fingerprint density at radius 1 is 1.17 bits per heavy atom. The molecule has 7 nitrogen and oxygen atoms in total. The van der Waals surface area contributed by atoms with E-state index in [-0.39, 0.29) is 23.8 Å². The Kier molecular flexibility index (Phi) is 5.47. The summed E-state index contributed by atoms with van der Waals surface area (Å²) < 4.78 is 14.5. The third-order valence-electron chi connectivity index (χ3n) is 8.74. The number of anilines is 2. The summed E-state index contributed by atoms with van der Waals surface area (Å²) in [6.07, 6.45) is 6.37. The van der Waals surface area contributed by atoms with E-state index in [0.29, 0.717) is 54.7 Å². The maximum Gasteiger partial charge on any atom is 0.270 e. The number of piperazine rings is 1. The van der Waals surface area contributed by atoms with Crippen molar-refractivity contribution < 1.29 is 14.3 Å². The molecule has 8 heteroatoms. The topological polar surface area (TPSA) is 81.6 Å². The van der Waals surface area contributed by atoms with E-state index in [9.17, 15) is 14.3 Å². The van der Waals surface area contributed by atoms with Gasteiger partial charge >= 0.3 is 0 Å². The molecule has 4 aliphatic carbocycles. The first kappa shape index (κ1) is 22.7. The lowest BCUT2D eigenvalue weighted by Crippen LogP contribution is -2.61. The third kappa shape index (κ3) is 4.15. The maximum atomic E-state index is 14.5. The molecule has 7 rings (SSSR count). The van der Waals surface area contributed by atoms with E-state index >= 15 is 0 Å². The van der Waals surface area contributed by atoms with Gasteiger partial charge in [-0.25, -0.2) is 14.4 Å². The van der Waals surface area contributed by atoms with Gasteiger partial charge in [-0.2, -0.15) is 0 Å². The van der Waals surface area contributed by atoms with E-state index in [4.69, 9.17) is 0 Å². The summed E-state index contributed by atoms with van der Waals surface area (Å²) in [7, 11) is 0. The predicted octanol–water partition coefficient (Wildman–Crippen LogP) is 3.31. The zero-order valence-corrected chi connectivity index (χ0v) is 20.5. The molecule has 0 spiro atoms. The molecule has 1 aliphatic heterocycles. The van der Waals surface area contributed by atoms with E-state index in [1.807, 2.05) is 19.1 Å². The molecule has 1 saturated heterocycles. The van der Waals surface area contributed by atoms with Gasteiger partial charge in [-0.1, -0.05) is 6.07 Å². The van der Waals surface area contributed by atoms with Gasteiger partial charge in [0.15, 0.2) is 0 Å². The number of nitrogens with zero attached hydrogens (tertiary/aromatic N) is 4. The van der Waals surface area contributed by atoms with Crippen molar-refractivity contribution in [1.82, 2.24) is 15.3 Å². The molecular weight excluding hydrogens is 445 g/mol. The highest BCUT2D eigenvalue weighted by Crippen LogP contribution is 2.55. The van der Waals surface area contributed by atoms with Crippen molar-refractivity contribution in [3.63, 3.8) is 0 Å². The Labute approximate surface area is 205 Å². The maximum absolute atomic E-state index is 14.5. The predicted molar refractivity (Wildman–Crippen MR) is 132 cm³/mol. The average molecular weight is 480 g/mol. The van der Waals surface area contributed by atoms with Crippen molar-refractivity contribution in [3.8, 4) is 0 Å². The number of amides is 1. The molecule has 5 fully saturated rings. The highest BCUT2D eigenvalue weighted by molar-refractivity contribution is 5.92. The van der Waals surface area contributed by atoms with Crippen LogP contribution in [0, 0.1) is 30.5 Å². The zero-order valence-electron chi connectivity index (χ0n) is 20.5. The smallest absolute Gasteiger partial charge is 0.270 e. The Morgan fingerprint density at radius 2 is 1.94 bits per heavy atom. The molecule has 1 amide bonds. The fourth-order valence-corrected chi connectivity index (χ4v) is 7.40. The van der Waals surface area contributed by atoms with Crippen LogP contribution in [0.15, 0.2) is 30.5 Å². The monoisotopic (exact) mass is 479 g/mol. The number of carbonyl (C=O) groups excluding carboxylic acids is 1. The summed E-state index contributed by atoms with van der Waals surface area (Å²) in [4.78, 5) is 26.5. The van der Waals surface area contributed by atoms with Crippen LogP contribution in [0.3, 0.4) is 0 Å². The van der Waals surface area contributed by atoms with Crippen molar-refractivity contribution in [3.05, 3.63) is 47.5 Å². The summed E-state index contributed by atoms with van der Waals surface area (Å²) in [5.41, 5.74) is 1.39. The highest BCUT2D eigenvalue weighted by Gasteiger charge is 2.55. The number of halogens is 1. The van der Waals surface area contributed by atoms with Gasteiger partial charge in [0.1, 0.15) is 11.5 Å². The van der Waals surface area contributed by atoms with Gasteiger partial charge in [0.05, 0.1) is 11.3 Å². The Hall–Kier alpha value is -2.74. The summed E-state index contributed by atoms with van der Waals surface area (Å²) in [5.74, 6) is 1.49. The molecule has 1 aromatic heterocycles. The molecule has 0 radical (unpaired) electrons. The minimum absolute atomic E-state index is 0.0629. The Morgan fingerprint density at radius 3 is 2.63 bits per heavy atom. The quantitative estimate of drug-likeness (QED) is 0.700. The molecule has 2 heterocycles.